The second-order valence-electron chi connectivity index (χ2n) is 7.40. The molecule has 0 aromatic heterocycles. The van der Waals surface area contributed by atoms with Crippen LogP contribution in [0.5, 0.6) is 17.2 Å². The van der Waals surface area contributed by atoms with Gasteiger partial charge in [0.1, 0.15) is 5.75 Å². The lowest BCUT2D eigenvalue weighted by molar-refractivity contribution is -0.118. The highest BCUT2D eigenvalue weighted by Crippen LogP contribution is 2.35. The molecule has 3 rings (SSSR count). The Balaban J connectivity index is 1.62. The summed E-state index contributed by atoms with van der Waals surface area (Å²) in [6, 6.07) is 10.8. The Morgan fingerprint density at radius 1 is 0.968 bits per heavy atom. The van der Waals surface area contributed by atoms with Crippen molar-refractivity contribution in [3.05, 3.63) is 53.6 Å². The molecule has 0 radical (unpaired) electrons. The van der Waals surface area contributed by atoms with E-state index in [1.165, 1.54) is 6.08 Å². The Bertz CT molecular complexity index is 965. The number of anilines is 1. The zero-order chi connectivity index (χ0) is 22.4. The molecule has 0 aliphatic heterocycles. The number of rotatable bonds is 9. The maximum atomic E-state index is 12.4. The summed E-state index contributed by atoms with van der Waals surface area (Å²) < 4.78 is 16.0. The van der Waals surface area contributed by atoms with Gasteiger partial charge in [-0.05, 0) is 49.6 Å². The summed E-state index contributed by atoms with van der Waals surface area (Å²) in [4.78, 5) is 24.3. The fourth-order valence-corrected chi connectivity index (χ4v) is 3.14. The first-order valence-corrected chi connectivity index (χ1v) is 10.1. The largest absolute Gasteiger partial charge is 0.496 e. The summed E-state index contributed by atoms with van der Waals surface area (Å²) in [5, 5.41) is 5.84. The SMILES string of the molecule is COc1cc(OC)c(OC)cc1/C=C/C(=O)NC(C)c1ccc(NC(=O)C2CC2)cc1. The van der Waals surface area contributed by atoms with Gasteiger partial charge in [-0.15, -0.1) is 0 Å². The predicted molar refractivity (Wildman–Crippen MR) is 119 cm³/mol. The zero-order valence-corrected chi connectivity index (χ0v) is 18.2. The van der Waals surface area contributed by atoms with Crippen molar-refractivity contribution in [3.8, 4) is 17.2 Å². The quantitative estimate of drug-likeness (QED) is 0.596. The summed E-state index contributed by atoms with van der Waals surface area (Å²) >= 11 is 0. The van der Waals surface area contributed by atoms with Gasteiger partial charge >= 0.3 is 0 Å². The first kappa shape index (κ1) is 22.2. The van der Waals surface area contributed by atoms with E-state index in [0.717, 1.165) is 24.1 Å². The predicted octanol–water partition coefficient (Wildman–Crippen LogP) is 3.95. The topological polar surface area (TPSA) is 85.9 Å². The summed E-state index contributed by atoms with van der Waals surface area (Å²) in [5.41, 5.74) is 2.40. The van der Waals surface area contributed by atoms with Gasteiger partial charge in [0.2, 0.25) is 11.8 Å². The summed E-state index contributed by atoms with van der Waals surface area (Å²) in [6.07, 6.45) is 5.05. The first-order chi connectivity index (χ1) is 14.9. The minimum Gasteiger partial charge on any atom is -0.496 e. The second kappa shape index (κ2) is 10.0. The lowest BCUT2D eigenvalue weighted by Crippen LogP contribution is -2.24. The monoisotopic (exact) mass is 424 g/mol. The van der Waals surface area contributed by atoms with Crippen molar-refractivity contribution in [2.45, 2.75) is 25.8 Å². The van der Waals surface area contributed by atoms with Crippen molar-refractivity contribution < 1.29 is 23.8 Å². The van der Waals surface area contributed by atoms with Crippen LogP contribution in [0, 0.1) is 5.92 Å². The first-order valence-electron chi connectivity index (χ1n) is 10.1. The van der Waals surface area contributed by atoms with Gasteiger partial charge in [0.25, 0.3) is 0 Å². The fourth-order valence-electron chi connectivity index (χ4n) is 3.14. The fraction of sp³-hybridized carbons (Fsp3) is 0.333. The van der Waals surface area contributed by atoms with Crippen LogP contribution in [0.4, 0.5) is 5.69 Å². The average Bonchev–Trinajstić information content (AvgIpc) is 3.63. The van der Waals surface area contributed by atoms with E-state index >= 15 is 0 Å². The molecular weight excluding hydrogens is 396 g/mol. The molecule has 1 unspecified atom stereocenters. The molecule has 1 aliphatic carbocycles. The lowest BCUT2D eigenvalue weighted by Gasteiger charge is -2.14. The molecule has 1 fully saturated rings. The minimum atomic E-state index is -0.240. The summed E-state index contributed by atoms with van der Waals surface area (Å²) in [5.74, 6) is 1.66. The van der Waals surface area contributed by atoms with Crippen LogP contribution in [0.2, 0.25) is 0 Å². The highest BCUT2D eigenvalue weighted by molar-refractivity contribution is 5.94. The molecule has 0 saturated heterocycles. The van der Waals surface area contributed by atoms with Gasteiger partial charge in [-0.1, -0.05) is 12.1 Å². The molecule has 0 spiro atoms. The Hall–Kier alpha value is -3.48. The Labute approximate surface area is 182 Å². The number of hydrogen-bond acceptors (Lipinski definition) is 5. The molecule has 31 heavy (non-hydrogen) atoms. The number of amides is 2. The molecule has 7 nitrogen and oxygen atoms in total. The van der Waals surface area contributed by atoms with E-state index in [0.29, 0.717) is 22.8 Å². The van der Waals surface area contributed by atoms with Crippen molar-refractivity contribution in [3.63, 3.8) is 0 Å². The van der Waals surface area contributed by atoms with Crippen molar-refractivity contribution in [1.82, 2.24) is 5.32 Å². The van der Waals surface area contributed by atoms with Crippen molar-refractivity contribution in [2.24, 2.45) is 5.92 Å². The van der Waals surface area contributed by atoms with Gasteiger partial charge in [0.05, 0.1) is 27.4 Å². The molecule has 1 saturated carbocycles. The molecular formula is C24H28N2O5. The van der Waals surface area contributed by atoms with Gasteiger partial charge in [-0.3, -0.25) is 9.59 Å². The van der Waals surface area contributed by atoms with Gasteiger partial charge in [0, 0.05) is 29.3 Å². The number of carbonyl (C=O) groups is 2. The average molecular weight is 424 g/mol. The van der Waals surface area contributed by atoms with Crippen LogP contribution in [0.1, 0.15) is 36.9 Å². The molecule has 7 heteroatoms. The molecule has 164 valence electrons. The van der Waals surface area contributed by atoms with Crippen LogP contribution in [0.3, 0.4) is 0 Å². The highest BCUT2D eigenvalue weighted by Gasteiger charge is 2.29. The summed E-state index contributed by atoms with van der Waals surface area (Å²) in [7, 11) is 4.65. The Kier molecular flexibility index (Phi) is 7.18. The van der Waals surface area contributed by atoms with E-state index in [1.54, 1.807) is 39.5 Å². The number of nitrogens with one attached hydrogen (secondary N) is 2. The molecule has 2 aromatic carbocycles. The van der Waals surface area contributed by atoms with Crippen molar-refractivity contribution in [2.75, 3.05) is 26.6 Å². The van der Waals surface area contributed by atoms with Gasteiger partial charge in [-0.25, -0.2) is 0 Å². The van der Waals surface area contributed by atoms with E-state index in [1.807, 2.05) is 31.2 Å². The minimum absolute atomic E-state index is 0.0739. The van der Waals surface area contributed by atoms with E-state index in [-0.39, 0.29) is 23.8 Å². The van der Waals surface area contributed by atoms with Crippen LogP contribution in [-0.2, 0) is 9.59 Å². The van der Waals surface area contributed by atoms with Gasteiger partial charge in [-0.2, -0.15) is 0 Å². The molecule has 2 N–H and O–H groups in total. The normalized spacial score (nSPS) is 14.1. The van der Waals surface area contributed by atoms with E-state index in [4.69, 9.17) is 14.2 Å². The number of ether oxygens (including phenoxy) is 3. The third kappa shape index (κ3) is 5.78. The number of carbonyl (C=O) groups excluding carboxylic acids is 2. The number of hydrogen-bond donors (Lipinski definition) is 2. The molecule has 1 aliphatic rings. The van der Waals surface area contributed by atoms with E-state index in [2.05, 4.69) is 10.6 Å². The second-order valence-corrected chi connectivity index (χ2v) is 7.40. The molecule has 0 bridgehead atoms. The third-order valence-corrected chi connectivity index (χ3v) is 5.14. The molecule has 2 amide bonds. The van der Waals surface area contributed by atoms with Crippen molar-refractivity contribution in [1.29, 1.82) is 0 Å². The molecule has 0 heterocycles. The molecule has 2 aromatic rings. The van der Waals surface area contributed by atoms with Crippen LogP contribution in [0.15, 0.2) is 42.5 Å². The summed E-state index contributed by atoms with van der Waals surface area (Å²) in [6.45, 7) is 1.90. The Morgan fingerprint density at radius 2 is 1.58 bits per heavy atom. The van der Waals surface area contributed by atoms with Crippen molar-refractivity contribution >= 4 is 23.6 Å². The maximum absolute atomic E-state index is 12.4. The van der Waals surface area contributed by atoms with Crippen LogP contribution >= 0.6 is 0 Å². The smallest absolute Gasteiger partial charge is 0.244 e. The van der Waals surface area contributed by atoms with Crippen LogP contribution < -0.4 is 24.8 Å². The third-order valence-electron chi connectivity index (χ3n) is 5.14. The van der Waals surface area contributed by atoms with Crippen LogP contribution in [-0.4, -0.2) is 33.1 Å². The van der Waals surface area contributed by atoms with E-state index < -0.39 is 0 Å². The van der Waals surface area contributed by atoms with E-state index in [9.17, 15) is 9.59 Å². The number of benzene rings is 2. The van der Waals surface area contributed by atoms with Gasteiger partial charge < -0.3 is 24.8 Å². The standard InChI is InChI=1S/C24H28N2O5/c1-15(16-7-10-19(11-8-16)26-24(28)17-5-6-17)25-23(27)12-9-18-13-21(30-3)22(31-4)14-20(18)29-2/h7-15,17H,5-6H2,1-4H3,(H,25,27)(H,26,28)/b12-9+. The maximum Gasteiger partial charge on any atom is 0.244 e. The number of methoxy groups -OCH3 is 3. The zero-order valence-electron chi connectivity index (χ0n) is 18.2. The highest BCUT2D eigenvalue weighted by atomic mass is 16.5. The Morgan fingerprint density at radius 3 is 2.16 bits per heavy atom. The lowest BCUT2D eigenvalue weighted by atomic mass is 10.1. The van der Waals surface area contributed by atoms with Gasteiger partial charge in [0.15, 0.2) is 11.5 Å². The van der Waals surface area contributed by atoms with Crippen LogP contribution in [0.25, 0.3) is 6.08 Å². The molecule has 1 atom stereocenters.